The van der Waals surface area contributed by atoms with Gasteiger partial charge >= 0.3 is 12.2 Å². The summed E-state index contributed by atoms with van der Waals surface area (Å²) in [5.41, 5.74) is 0. The van der Waals surface area contributed by atoms with E-state index in [1.54, 1.807) is 0 Å². The third-order valence-corrected chi connectivity index (χ3v) is 0.143. The van der Waals surface area contributed by atoms with E-state index in [0.29, 0.717) is 0 Å². The molecule has 0 unspecified atom stereocenters. The third-order valence-electron chi connectivity index (χ3n) is 0.143. The molecule has 0 rings (SSSR count). The number of hydrogen-bond donors (Lipinski definition) is 0. The monoisotopic (exact) mass is 284 g/mol. The van der Waals surface area contributed by atoms with E-state index in [1.165, 1.54) is 0 Å². The Labute approximate surface area is 80.8 Å². The van der Waals surface area contributed by atoms with Crippen molar-refractivity contribution in [3.05, 3.63) is 24.8 Å². The minimum atomic E-state index is -2.91. The molecule has 0 radical (unpaired) electrons. The zero-order valence-corrected chi connectivity index (χ0v) is 6.92. The molecule has 0 N–H and O–H groups in total. The molecule has 0 saturated heterocycles. The quantitative estimate of drug-likeness (QED) is 0.582. The summed E-state index contributed by atoms with van der Waals surface area (Å²) in [4.78, 5) is 0. The molecule has 0 nitrogen and oxygen atoms in total. The van der Waals surface area contributed by atoms with Crippen molar-refractivity contribution in [3.63, 3.8) is 0 Å². The second-order valence-electron chi connectivity index (χ2n) is 0.860. The van der Waals surface area contributed by atoms with E-state index in [4.69, 9.17) is 0 Å². The van der Waals surface area contributed by atoms with Gasteiger partial charge in [-0.3, -0.25) is 28.2 Å². The summed E-state index contributed by atoms with van der Waals surface area (Å²) in [6.07, 6.45) is -7.65. The lowest BCUT2D eigenvalue weighted by molar-refractivity contribution is 0.308. The van der Waals surface area contributed by atoms with E-state index in [2.05, 4.69) is 6.58 Å². The van der Waals surface area contributed by atoms with Gasteiger partial charge in [-0.05, 0) is 6.58 Å². The van der Waals surface area contributed by atoms with E-state index < -0.39 is 18.2 Å². The van der Waals surface area contributed by atoms with Crippen LogP contribution in [0.4, 0.5) is 54.6 Å². The standard InChI is InChI=1S/C2F4.C2H2F2.6FH/c3-1(4)2(5)6;1-2(3)4;;;;;;/h;1H2;6*1H. The molecule has 0 fully saturated rings. The van der Waals surface area contributed by atoms with Gasteiger partial charge in [0.2, 0.25) is 0 Å². The van der Waals surface area contributed by atoms with Crippen molar-refractivity contribution in [1.82, 2.24) is 0 Å². The van der Waals surface area contributed by atoms with Crippen LogP contribution < -0.4 is 0 Å². The molecule has 0 atom stereocenters. The first-order valence-corrected chi connectivity index (χ1v) is 1.74. The molecule has 108 valence electrons. The second-order valence-corrected chi connectivity index (χ2v) is 0.860. The molecule has 0 saturated carbocycles. The van der Waals surface area contributed by atoms with Crippen molar-refractivity contribution in [3.8, 4) is 0 Å². The molecule has 0 aliphatic carbocycles. The number of hydrogen-bond acceptors (Lipinski definition) is 0. The summed E-state index contributed by atoms with van der Waals surface area (Å²) in [5, 5.41) is 0. The van der Waals surface area contributed by atoms with Crippen molar-refractivity contribution in [1.29, 1.82) is 0 Å². The largest absolute Gasteiger partial charge is 0.334 e. The van der Waals surface area contributed by atoms with Crippen molar-refractivity contribution < 1.29 is 54.6 Å². The van der Waals surface area contributed by atoms with E-state index in [1.807, 2.05) is 0 Å². The van der Waals surface area contributed by atoms with Crippen LogP contribution in [-0.2, 0) is 0 Å². The lowest BCUT2D eigenvalue weighted by atomic mass is 11.1. The minimum absolute atomic E-state index is 0. The average Bonchev–Trinajstić information content (AvgIpc) is 1.63. The predicted molar refractivity (Wildman–Crippen MR) is 37.8 cm³/mol. The zero-order valence-electron chi connectivity index (χ0n) is 6.92. The first-order valence-electron chi connectivity index (χ1n) is 1.74. The summed E-state index contributed by atoms with van der Waals surface area (Å²) in [7, 11) is 0. The van der Waals surface area contributed by atoms with Crippen LogP contribution in [0.2, 0.25) is 0 Å². The summed E-state index contributed by atoms with van der Waals surface area (Å²) in [6.45, 7) is 2.22. The van der Waals surface area contributed by atoms with Gasteiger partial charge in [-0.15, -0.1) is 0 Å². The third kappa shape index (κ3) is 246. The Hall–Kier alpha value is -1.36. The van der Waals surface area contributed by atoms with E-state index in [9.17, 15) is 26.3 Å². The van der Waals surface area contributed by atoms with Gasteiger partial charge in [-0.2, -0.15) is 26.3 Å². The summed E-state index contributed by atoms with van der Waals surface area (Å²) in [5.74, 6) is 0. The van der Waals surface area contributed by atoms with Crippen LogP contribution in [0.5, 0.6) is 0 Å². The van der Waals surface area contributed by atoms with Crippen LogP contribution in [0.3, 0.4) is 0 Å². The highest BCUT2D eigenvalue weighted by atomic mass is 19.3. The maximum atomic E-state index is 10.3. The number of halogens is 12. The van der Waals surface area contributed by atoms with Crippen LogP contribution in [0.25, 0.3) is 0 Å². The first kappa shape index (κ1) is 61.8. The second kappa shape index (κ2) is 37.3. The van der Waals surface area contributed by atoms with Crippen LogP contribution >= 0.6 is 0 Å². The molecule has 0 bridgehead atoms. The molecule has 0 heterocycles. The molecule has 0 aromatic rings. The number of rotatable bonds is 0. The summed E-state index contributed by atoms with van der Waals surface area (Å²) < 4.78 is 61.4. The Balaban J connectivity index is -0.00000001000. The Kier molecular flexibility index (Phi) is 144. The van der Waals surface area contributed by atoms with Crippen molar-refractivity contribution in [2.24, 2.45) is 0 Å². The van der Waals surface area contributed by atoms with Gasteiger partial charge in [0.1, 0.15) is 0 Å². The van der Waals surface area contributed by atoms with Gasteiger partial charge in [-0.1, -0.05) is 0 Å². The van der Waals surface area contributed by atoms with E-state index in [0.717, 1.165) is 0 Å². The molecule has 0 aromatic carbocycles. The fourth-order valence-corrected chi connectivity index (χ4v) is 0. The Bertz CT molecular complexity index is 118. The molecule has 0 aromatic heterocycles. The SMILES string of the molecule is C=C(F)F.F.F.F.F.F.F.FC(F)=C(F)F. The maximum absolute atomic E-state index is 10.3. The topological polar surface area (TPSA) is 0 Å². The van der Waals surface area contributed by atoms with E-state index >= 15 is 0 Å². The molecule has 0 aliphatic rings. The van der Waals surface area contributed by atoms with Gasteiger partial charge in [0, 0.05) is 0 Å². The lowest BCUT2D eigenvalue weighted by Crippen LogP contribution is -1.56. The van der Waals surface area contributed by atoms with Crippen LogP contribution in [0.15, 0.2) is 24.8 Å². The van der Waals surface area contributed by atoms with Gasteiger partial charge < -0.3 is 0 Å². The Morgan fingerprint density at radius 3 is 0.562 bits per heavy atom. The average molecular weight is 284 g/mol. The summed E-state index contributed by atoms with van der Waals surface area (Å²) in [6, 6.07) is 0. The van der Waals surface area contributed by atoms with Crippen molar-refractivity contribution >= 4 is 0 Å². The molecule has 16 heavy (non-hydrogen) atoms. The van der Waals surface area contributed by atoms with Gasteiger partial charge in [0.15, 0.2) is 0 Å². The Morgan fingerprint density at radius 1 is 0.500 bits per heavy atom. The molecule has 0 amide bonds. The summed E-state index contributed by atoms with van der Waals surface area (Å²) >= 11 is 0. The smallest absolute Gasteiger partial charge is 0.269 e. The highest BCUT2D eigenvalue weighted by Gasteiger charge is 1.98. The fourth-order valence-electron chi connectivity index (χ4n) is 0. The van der Waals surface area contributed by atoms with Gasteiger partial charge in [-0.25, -0.2) is 0 Å². The van der Waals surface area contributed by atoms with Gasteiger partial charge in [0.05, 0.1) is 0 Å². The van der Waals surface area contributed by atoms with Crippen LogP contribution in [-0.4, -0.2) is 0 Å². The Morgan fingerprint density at radius 2 is 0.562 bits per heavy atom. The first-order chi connectivity index (χ1) is 4.37. The fraction of sp³-hybridized carbons (Fsp3) is 0. The van der Waals surface area contributed by atoms with Crippen molar-refractivity contribution in [2.75, 3.05) is 0 Å². The zero-order chi connectivity index (χ0) is 8.73. The normalized spacial score (nSPS) is 4.62. The predicted octanol–water partition coefficient (Wildman–Crippen LogP) is 4.30. The molecular weight excluding hydrogens is 276 g/mol. The van der Waals surface area contributed by atoms with E-state index in [-0.39, 0.29) is 28.2 Å². The molecule has 0 spiro atoms. The van der Waals surface area contributed by atoms with Gasteiger partial charge in [0.25, 0.3) is 6.08 Å². The minimum Gasteiger partial charge on any atom is -0.269 e. The van der Waals surface area contributed by atoms with Crippen LogP contribution in [0.1, 0.15) is 0 Å². The lowest BCUT2D eigenvalue weighted by Gasteiger charge is -1.69. The maximum Gasteiger partial charge on any atom is 0.334 e. The highest BCUT2D eigenvalue weighted by molar-refractivity contribution is 4.77. The highest BCUT2D eigenvalue weighted by Crippen LogP contribution is 2.08. The van der Waals surface area contributed by atoms with Crippen molar-refractivity contribution in [2.45, 2.75) is 0 Å². The molecule has 0 aliphatic heterocycles. The van der Waals surface area contributed by atoms with Crippen LogP contribution in [0, 0.1) is 0 Å². The molecular formula is C4H8F12. The molecule has 12 heteroatoms.